The fraction of sp³-hybridized carbons (Fsp3) is 0.700. The van der Waals surface area contributed by atoms with E-state index in [0.29, 0.717) is 12.4 Å². The average molecular weight is 475 g/mol. The number of aromatic hydroxyl groups is 1. The molecular weight excluding hydrogens is 424 g/mol. The topological polar surface area (TPSA) is 55.8 Å². The van der Waals surface area contributed by atoms with Crippen LogP contribution in [-0.4, -0.2) is 24.8 Å². The van der Waals surface area contributed by atoms with Crippen molar-refractivity contribution in [2.24, 2.45) is 0 Å². The standard InChI is InChI=1S/C30H50O4/c1-3-4-5-6-7-8-9-10-11-12-13-14-15-16-17-18-19-20-25-34-30(32)24-22-27-21-23-28(31)29(26-27)33-2/h21-24,26,31H,3-20,25H2,1-2H3/b24-22+. The SMILES string of the molecule is CCCCCCCCCCCCCCCCCCCCOC(=O)/C=C/c1ccc(O)c(OC)c1. The molecule has 1 aromatic rings. The first-order valence-corrected chi connectivity index (χ1v) is 13.9. The molecule has 0 bridgehead atoms. The molecule has 0 radical (unpaired) electrons. The van der Waals surface area contributed by atoms with E-state index in [-0.39, 0.29) is 11.7 Å². The van der Waals surface area contributed by atoms with Crippen molar-refractivity contribution in [3.8, 4) is 11.5 Å². The van der Waals surface area contributed by atoms with Gasteiger partial charge in [-0.15, -0.1) is 0 Å². The summed E-state index contributed by atoms with van der Waals surface area (Å²) in [5, 5.41) is 9.60. The Labute approximate surface area is 209 Å². The monoisotopic (exact) mass is 474 g/mol. The van der Waals surface area contributed by atoms with E-state index < -0.39 is 0 Å². The molecule has 1 aromatic carbocycles. The Morgan fingerprint density at radius 1 is 0.765 bits per heavy atom. The van der Waals surface area contributed by atoms with Crippen molar-refractivity contribution in [2.45, 2.75) is 122 Å². The molecule has 1 rings (SSSR count). The first kappa shape index (κ1) is 30.1. The molecule has 0 unspecified atom stereocenters. The van der Waals surface area contributed by atoms with Crippen molar-refractivity contribution < 1.29 is 19.4 Å². The van der Waals surface area contributed by atoms with Crippen LogP contribution in [0.4, 0.5) is 0 Å². The van der Waals surface area contributed by atoms with E-state index in [0.717, 1.165) is 18.4 Å². The third kappa shape index (κ3) is 16.6. The summed E-state index contributed by atoms with van der Waals surface area (Å²) in [7, 11) is 1.50. The molecule has 0 spiro atoms. The predicted octanol–water partition coefficient (Wildman–Crippen LogP) is 9.00. The number of esters is 1. The first-order valence-electron chi connectivity index (χ1n) is 13.9. The molecule has 4 nitrogen and oxygen atoms in total. The second-order valence-electron chi connectivity index (χ2n) is 9.44. The van der Waals surface area contributed by atoms with Crippen LogP contribution in [0.1, 0.15) is 128 Å². The van der Waals surface area contributed by atoms with E-state index in [2.05, 4.69) is 6.92 Å². The Bertz CT molecular complexity index is 653. The molecule has 0 fully saturated rings. The summed E-state index contributed by atoms with van der Waals surface area (Å²) in [5.41, 5.74) is 0.778. The third-order valence-corrected chi connectivity index (χ3v) is 6.36. The number of methoxy groups -OCH3 is 1. The highest BCUT2D eigenvalue weighted by Crippen LogP contribution is 2.26. The third-order valence-electron chi connectivity index (χ3n) is 6.36. The minimum atomic E-state index is -0.334. The van der Waals surface area contributed by atoms with E-state index >= 15 is 0 Å². The van der Waals surface area contributed by atoms with Crippen LogP contribution in [0.15, 0.2) is 24.3 Å². The molecule has 0 aliphatic heterocycles. The lowest BCUT2D eigenvalue weighted by atomic mass is 10.0. The van der Waals surface area contributed by atoms with E-state index in [1.807, 2.05) is 0 Å². The zero-order chi connectivity index (χ0) is 24.7. The molecule has 1 N–H and O–H groups in total. The van der Waals surface area contributed by atoms with Gasteiger partial charge in [-0.2, -0.15) is 0 Å². The number of hydrogen-bond donors (Lipinski definition) is 1. The molecular formula is C30H50O4. The first-order chi connectivity index (χ1) is 16.7. The maximum Gasteiger partial charge on any atom is 0.330 e. The van der Waals surface area contributed by atoms with Crippen LogP contribution in [0, 0.1) is 0 Å². The average Bonchev–Trinajstić information content (AvgIpc) is 2.85. The van der Waals surface area contributed by atoms with Crippen LogP contribution in [0.25, 0.3) is 6.08 Å². The van der Waals surface area contributed by atoms with Crippen molar-refractivity contribution in [3.63, 3.8) is 0 Å². The van der Waals surface area contributed by atoms with Crippen LogP contribution in [-0.2, 0) is 9.53 Å². The summed E-state index contributed by atoms with van der Waals surface area (Å²) in [6, 6.07) is 4.94. The van der Waals surface area contributed by atoms with Crippen molar-refractivity contribution >= 4 is 12.0 Å². The van der Waals surface area contributed by atoms with Crippen LogP contribution in [0.2, 0.25) is 0 Å². The number of carbonyl (C=O) groups is 1. The zero-order valence-electron chi connectivity index (χ0n) is 22.0. The number of phenolic OH excluding ortho intramolecular Hbond substituents is 1. The van der Waals surface area contributed by atoms with Crippen molar-refractivity contribution in [2.75, 3.05) is 13.7 Å². The van der Waals surface area contributed by atoms with Crippen molar-refractivity contribution in [1.29, 1.82) is 0 Å². The summed E-state index contributed by atoms with van der Waals surface area (Å²) in [6.45, 7) is 2.75. The Kier molecular flexibility index (Phi) is 19.1. The Balaban J connectivity index is 1.85. The van der Waals surface area contributed by atoms with Gasteiger partial charge in [0.15, 0.2) is 11.5 Å². The van der Waals surface area contributed by atoms with Gasteiger partial charge in [-0.25, -0.2) is 4.79 Å². The second kappa shape index (κ2) is 21.6. The number of benzene rings is 1. The Hall–Kier alpha value is -1.97. The fourth-order valence-corrected chi connectivity index (χ4v) is 4.19. The van der Waals surface area contributed by atoms with Crippen molar-refractivity contribution in [1.82, 2.24) is 0 Å². The summed E-state index contributed by atoms with van der Waals surface area (Å²) in [4.78, 5) is 11.8. The number of unbranched alkanes of at least 4 members (excludes halogenated alkanes) is 17. The van der Waals surface area contributed by atoms with Gasteiger partial charge in [0.2, 0.25) is 0 Å². The predicted molar refractivity (Wildman–Crippen MR) is 143 cm³/mol. The van der Waals surface area contributed by atoms with Gasteiger partial charge in [-0.3, -0.25) is 0 Å². The maximum atomic E-state index is 11.8. The number of carbonyl (C=O) groups excluding carboxylic acids is 1. The summed E-state index contributed by atoms with van der Waals surface area (Å²) >= 11 is 0. The van der Waals surface area contributed by atoms with Crippen molar-refractivity contribution in [3.05, 3.63) is 29.8 Å². The van der Waals surface area contributed by atoms with Crippen LogP contribution in [0.3, 0.4) is 0 Å². The molecule has 0 aliphatic carbocycles. The zero-order valence-corrected chi connectivity index (χ0v) is 22.0. The number of phenols is 1. The van der Waals surface area contributed by atoms with Gasteiger partial charge in [-0.1, -0.05) is 122 Å². The highest BCUT2D eigenvalue weighted by molar-refractivity contribution is 5.87. The molecule has 0 atom stereocenters. The molecule has 0 aromatic heterocycles. The number of hydrogen-bond acceptors (Lipinski definition) is 4. The Morgan fingerprint density at radius 2 is 1.24 bits per heavy atom. The van der Waals surface area contributed by atoms with E-state index in [1.165, 1.54) is 116 Å². The van der Waals surface area contributed by atoms with Gasteiger partial charge >= 0.3 is 5.97 Å². The second-order valence-corrected chi connectivity index (χ2v) is 9.44. The normalized spacial score (nSPS) is 11.2. The summed E-state index contributed by atoms with van der Waals surface area (Å²) < 4.78 is 10.3. The lowest BCUT2D eigenvalue weighted by molar-refractivity contribution is -0.137. The highest BCUT2D eigenvalue weighted by Gasteiger charge is 2.02. The smallest absolute Gasteiger partial charge is 0.330 e. The molecule has 4 heteroatoms. The molecule has 194 valence electrons. The lowest BCUT2D eigenvalue weighted by Gasteiger charge is -2.05. The van der Waals surface area contributed by atoms with Gasteiger partial charge < -0.3 is 14.6 Å². The molecule has 0 amide bonds. The van der Waals surface area contributed by atoms with Crippen LogP contribution < -0.4 is 4.74 Å². The summed E-state index contributed by atoms with van der Waals surface area (Å²) in [5.74, 6) is 0.129. The van der Waals surface area contributed by atoms with Gasteiger partial charge in [0.05, 0.1) is 13.7 Å². The Morgan fingerprint density at radius 3 is 1.71 bits per heavy atom. The van der Waals surface area contributed by atoms with E-state index in [1.54, 1.807) is 24.3 Å². The minimum absolute atomic E-state index is 0.0799. The highest BCUT2D eigenvalue weighted by atomic mass is 16.5. The quantitative estimate of drug-likeness (QED) is 0.103. The van der Waals surface area contributed by atoms with Gasteiger partial charge in [0.25, 0.3) is 0 Å². The van der Waals surface area contributed by atoms with Gasteiger partial charge in [-0.05, 0) is 30.2 Å². The van der Waals surface area contributed by atoms with Crippen LogP contribution >= 0.6 is 0 Å². The molecule has 0 heterocycles. The lowest BCUT2D eigenvalue weighted by Crippen LogP contribution is -2.02. The van der Waals surface area contributed by atoms with E-state index in [4.69, 9.17) is 9.47 Å². The molecule has 0 saturated carbocycles. The van der Waals surface area contributed by atoms with E-state index in [9.17, 15) is 9.90 Å². The molecule has 34 heavy (non-hydrogen) atoms. The van der Waals surface area contributed by atoms with Gasteiger partial charge in [0.1, 0.15) is 0 Å². The number of ether oxygens (including phenoxy) is 2. The maximum absolute atomic E-state index is 11.8. The summed E-state index contributed by atoms with van der Waals surface area (Å²) in [6.07, 6.45) is 27.3. The minimum Gasteiger partial charge on any atom is -0.504 e. The van der Waals surface area contributed by atoms with Gasteiger partial charge in [0, 0.05) is 6.08 Å². The fourth-order valence-electron chi connectivity index (χ4n) is 4.19. The molecule has 0 saturated heterocycles. The number of rotatable bonds is 22. The molecule has 0 aliphatic rings. The van der Waals surface area contributed by atoms with Crippen LogP contribution in [0.5, 0.6) is 11.5 Å². The largest absolute Gasteiger partial charge is 0.504 e.